The van der Waals surface area contributed by atoms with E-state index in [1.807, 2.05) is 0 Å². The summed E-state index contributed by atoms with van der Waals surface area (Å²) in [5.74, 6) is -1.42. The van der Waals surface area contributed by atoms with Gasteiger partial charge in [0.15, 0.2) is 0 Å². The quantitative estimate of drug-likeness (QED) is 0.730. The first-order valence-corrected chi connectivity index (χ1v) is 5.45. The third-order valence-electron chi connectivity index (χ3n) is 2.38. The molecule has 0 saturated heterocycles. The van der Waals surface area contributed by atoms with Gasteiger partial charge in [0.25, 0.3) is 5.91 Å². The number of phenols is 1. The minimum Gasteiger partial charge on any atom is -0.507 e. The van der Waals surface area contributed by atoms with Gasteiger partial charge in [-0.05, 0) is 31.9 Å². The fourth-order valence-electron chi connectivity index (χ4n) is 1.47. The maximum atomic E-state index is 12.7. The van der Waals surface area contributed by atoms with E-state index in [4.69, 9.17) is 5.11 Å². The van der Waals surface area contributed by atoms with Crippen molar-refractivity contribution >= 4 is 5.91 Å². The summed E-state index contributed by atoms with van der Waals surface area (Å²) in [6.07, 6.45) is 1.24. The molecule has 1 aromatic rings. The summed E-state index contributed by atoms with van der Waals surface area (Å²) < 4.78 is 12.7. The topological polar surface area (TPSA) is 69.6 Å². The number of hydrogen-bond acceptors (Lipinski definition) is 3. The maximum absolute atomic E-state index is 12.7. The van der Waals surface area contributed by atoms with Gasteiger partial charge >= 0.3 is 0 Å². The summed E-state index contributed by atoms with van der Waals surface area (Å²) in [4.78, 5) is 11.7. The Morgan fingerprint density at radius 2 is 2.24 bits per heavy atom. The Balaban J connectivity index is 2.63. The average molecular weight is 241 g/mol. The number of aromatic hydroxyl groups is 1. The molecule has 1 atom stereocenters. The molecule has 0 heterocycles. The van der Waals surface area contributed by atoms with Crippen LogP contribution in [0.3, 0.4) is 0 Å². The largest absolute Gasteiger partial charge is 0.507 e. The highest BCUT2D eigenvalue weighted by atomic mass is 19.1. The molecule has 3 N–H and O–H groups in total. The zero-order chi connectivity index (χ0) is 12.8. The van der Waals surface area contributed by atoms with Crippen molar-refractivity contribution in [2.75, 3.05) is 6.61 Å². The first-order chi connectivity index (χ1) is 8.04. The maximum Gasteiger partial charge on any atom is 0.255 e. The van der Waals surface area contributed by atoms with Crippen molar-refractivity contribution in [3.63, 3.8) is 0 Å². The molecule has 1 amide bonds. The van der Waals surface area contributed by atoms with Gasteiger partial charge in [-0.3, -0.25) is 4.79 Å². The Bertz CT molecular complexity index is 395. The van der Waals surface area contributed by atoms with Gasteiger partial charge in [0, 0.05) is 18.7 Å². The molecule has 0 spiro atoms. The summed E-state index contributed by atoms with van der Waals surface area (Å²) in [5.41, 5.74) is 0.0437. The molecule has 0 aliphatic heterocycles. The minimum atomic E-state index is -0.590. The smallest absolute Gasteiger partial charge is 0.255 e. The molecule has 4 nitrogen and oxygen atoms in total. The van der Waals surface area contributed by atoms with E-state index in [0.717, 1.165) is 12.1 Å². The van der Waals surface area contributed by atoms with Crippen LogP contribution in [-0.2, 0) is 0 Å². The number of aliphatic hydroxyl groups is 1. The SMILES string of the molecule is CC(CCCO)NC(=O)c1ccc(F)cc1O. The van der Waals surface area contributed by atoms with Crippen LogP contribution in [0.4, 0.5) is 4.39 Å². The number of halogens is 1. The predicted octanol–water partition coefficient (Wildman–Crippen LogP) is 1.42. The summed E-state index contributed by atoms with van der Waals surface area (Å²) in [5, 5.41) is 20.7. The number of phenolic OH excluding ortho intramolecular Hbond substituents is 1. The second kappa shape index (κ2) is 6.20. The van der Waals surface area contributed by atoms with E-state index in [9.17, 15) is 14.3 Å². The van der Waals surface area contributed by atoms with Crippen LogP contribution in [0.2, 0.25) is 0 Å². The summed E-state index contributed by atoms with van der Waals surface area (Å²) in [6, 6.07) is 3.14. The van der Waals surface area contributed by atoms with Gasteiger partial charge in [-0.15, -0.1) is 0 Å². The number of carbonyl (C=O) groups is 1. The van der Waals surface area contributed by atoms with Crippen LogP contribution < -0.4 is 5.32 Å². The van der Waals surface area contributed by atoms with E-state index >= 15 is 0 Å². The van der Waals surface area contributed by atoms with Gasteiger partial charge in [0.05, 0.1) is 5.56 Å². The van der Waals surface area contributed by atoms with Gasteiger partial charge in [-0.1, -0.05) is 0 Å². The molecule has 0 aliphatic rings. The van der Waals surface area contributed by atoms with Gasteiger partial charge < -0.3 is 15.5 Å². The summed E-state index contributed by atoms with van der Waals surface area (Å²) >= 11 is 0. The predicted molar refractivity (Wildman–Crippen MR) is 61.3 cm³/mol. The highest BCUT2D eigenvalue weighted by Gasteiger charge is 2.13. The van der Waals surface area contributed by atoms with Crippen molar-refractivity contribution in [3.8, 4) is 5.75 Å². The molecule has 0 saturated carbocycles. The Hall–Kier alpha value is -1.62. The van der Waals surface area contributed by atoms with Crippen LogP contribution in [0.5, 0.6) is 5.75 Å². The fourth-order valence-corrected chi connectivity index (χ4v) is 1.47. The Morgan fingerprint density at radius 1 is 1.53 bits per heavy atom. The number of hydrogen-bond donors (Lipinski definition) is 3. The average Bonchev–Trinajstić information content (AvgIpc) is 2.26. The zero-order valence-electron chi connectivity index (χ0n) is 9.61. The van der Waals surface area contributed by atoms with Crippen molar-refractivity contribution in [1.29, 1.82) is 0 Å². The number of rotatable bonds is 5. The highest BCUT2D eigenvalue weighted by Crippen LogP contribution is 2.18. The Labute approximate surface area is 99.1 Å². The molecular weight excluding hydrogens is 225 g/mol. The van der Waals surface area contributed by atoms with Crippen LogP contribution in [-0.4, -0.2) is 28.8 Å². The second-order valence-electron chi connectivity index (χ2n) is 3.90. The van der Waals surface area contributed by atoms with Crippen molar-refractivity contribution in [3.05, 3.63) is 29.6 Å². The number of amides is 1. The molecule has 5 heteroatoms. The highest BCUT2D eigenvalue weighted by molar-refractivity contribution is 5.96. The third kappa shape index (κ3) is 4.03. The lowest BCUT2D eigenvalue weighted by atomic mass is 10.1. The van der Waals surface area contributed by atoms with Crippen molar-refractivity contribution in [2.24, 2.45) is 0 Å². The molecule has 1 unspecified atom stereocenters. The Kier molecular flexibility index (Phi) is 4.90. The standard InChI is InChI=1S/C12H16FNO3/c1-8(3-2-6-15)14-12(17)10-5-4-9(13)7-11(10)16/h4-5,7-8,15-16H,2-3,6H2,1H3,(H,14,17). The van der Waals surface area contributed by atoms with E-state index in [1.165, 1.54) is 6.07 Å². The molecule has 94 valence electrons. The van der Waals surface area contributed by atoms with Gasteiger partial charge in [0.1, 0.15) is 11.6 Å². The first kappa shape index (κ1) is 13.4. The lowest BCUT2D eigenvalue weighted by Gasteiger charge is -2.13. The van der Waals surface area contributed by atoms with Crippen LogP contribution in [0.1, 0.15) is 30.1 Å². The third-order valence-corrected chi connectivity index (χ3v) is 2.38. The number of nitrogens with one attached hydrogen (secondary N) is 1. The van der Waals surface area contributed by atoms with Crippen LogP contribution in [0.25, 0.3) is 0 Å². The van der Waals surface area contributed by atoms with E-state index in [1.54, 1.807) is 6.92 Å². The minimum absolute atomic E-state index is 0.0437. The van der Waals surface area contributed by atoms with Crippen molar-refractivity contribution in [1.82, 2.24) is 5.32 Å². The number of aliphatic hydroxyl groups excluding tert-OH is 1. The van der Waals surface area contributed by atoms with E-state index in [-0.39, 0.29) is 24.0 Å². The normalized spacial score (nSPS) is 12.2. The molecule has 0 aliphatic carbocycles. The second-order valence-corrected chi connectivity index (χ2v) is 3.90. The molecule has 0 radical (unpaired) electrons. The molecular formula is C12H16FNO3. The molecule has 0 aromatic heterocycles. The van der Waals surface area contributed by atoms with Gasteiger partial charge in [0.2, 0.25) is 0 Å². The molecule has 17 heavy (non-hydrogen) atoms. The monoisotopic (exact) mass is 241 g/mol. The molecule has 1 rings (SSSR count). The lowest BCUT2D eigenvalue weighted by Crippen LogP contribution is -2.32. The molecule has 1 aromatic carbocycles. The van der Waals surface area contributed by atoms with E-state index in [0.29, 0.717) is 12.8 Å². The summed E-state index contributed by atoms with van der Waals surface area (Å²) in [7, 11) is 0. The van der Waals surface area contributed by atoms with Crippen molar-refractivity contribution in [2.45, 2.75) is 25.8 Å². The van der Waals surface area contributed by atoms with E-state index in [2.05, 4.69) is 5.32 Å². The zero-order valence-corrected chi connectivity index (χ0v) is 9.61. The summed E-state index contributed by atoms with van der Waals surface area (Å²) in [6.45, 7) is 1.87. The molecule has 0 fully saturated rings. The lowest BCUT2D eigenvalue weighted by molar-refractivity contribution is 0.0933. The first-order valence-electron chi connectivity index (χ1n) is 5.45. The van der Waals surface area contributed by atoms with Gasteiger partial charge in [-0.2, -0.15) is 0 Å². The van der Waals surface area contributed by atoms with Gasteiger partial charge in [-0.25, -0.2) is 4.39 Å². The van der Waals surface area contributed by atoms with Crippen molar-refractivity contribution < 1.29 is 19.4 Å². The van der Waals surface area contributed by atoms with Crippen LogP contribution >= 0.6 is 0 Å². The van der Waals surface area contributed by atoms with Crippen LogP contribution in [0.15, 0.2) is 18.2 Å². The molecule has 0 bridgehead atoms. The number of carbonyl (C=O) groups excluding carboxylic acids is 1. The Morgan fingerprint density at radius 3 is 2.82 bits per heavy atom. The van der Waals surface area contributed by atoms with Crippen LogP contribution in [0, 0.1) is 5.82 Å². The number of benzene rings is 1. The van der Waals surface area contributed by atoms with E-state index < -0.39 is 11.7 Å². The fraction of sp³-hybridized carbons (Fsp3) is 0.417.